The van der Waals surface area contributed by atoms with Crippen LogP contribution in [0, 0.1) is 0 Å². The molecular weight excluding hydrogens is 196 g/mol. The monoisotopic (exact) mass is 214 g/mol. The van der Waals surface area contributed by atoms with Crippen LogP contribution in [-0.2, 0) is 9.53 Å². The number of thioether (sulfide) groups is 1. The maximum atomic E-state index is 11.7. The lowest BCUT2D eigenvalue weighted by molar-refractivity contribution is -0.113. The third-order valence-electron chi connectivity index (χ3n) is 1.93. The number of carbonyl (C=O) groups is 1. The molecule has 0 radical (unpaired) electrons. The Morgan fingerprint density at radius 2 is 2.29 bits per heavy atom. The lowest BCUT2D eigenvalue weighted by atomic mass is 10.1. The average Bonchev–Trinajstić information content (AvgIpc) is 2.14. The minimum absolute atomic E-state index is 0.158. The molecule has 1 aliphatic heterocycles. The zero-order chi connectivity index (χ0) is 10.6. The fourth-order valence-electron chi connectivity index (χ4n) is 1.14. The Labute approximate surface area is 90.1 Å². The highest BCUT2D eigenvalue weighted by Crippen LogP contribution is 2.25. The molecule has 0 spiro atoms. The summed E-state index contributed by atoms with van der Waals surface area (Å²) in [5.74, 6) is 0.795. The summed E-state index contributed by atoms with van der Waals surface area (Å²) in [6.07, 6.45) is 3.48. The predicted octanol–water partition coefficient (Wildman–Crippen LogP) is 2.78. The van der Waals surface area contributed by atoms with E-state index < -0.39 is 0 Å². The van der Waals surface area contributed by atoms with Crippen molar-refractivity contribution in [1.82, 2.24) is 0 Å². The first kappa shape index (κ1) is 11.6. The van der Waals surface area contributed by atoms with E-state index >= 15 is 0 Å². The molecule has 0 amide bonds. The summed E-state index contributed by atoms with van der Waals surface area (Å²) in [5, 5.41) is 0. The second-order valence-electron chi connectivity index (χ2n) is 4.44. The molecule has 1 rings (SSSR count). The second kappa shape index (κ2) is 4.87. The van der Waals surface area contributed by atoms with E-state index in [2.05, 4.69) is 20.8 Å². The highest BCUT2D eigenvalue weighted by atomic mass is 32.2. The second-order valence-corrected chi connectivity index (χ2v) is 6.24. The molecule has 0 N–H and O–H groups in total. The Morgan fingerprint density at radius 3 is 2.79 bits per heavy atom. The lowest BCUT2D eigenvalue weighted by Gasteiger charge is -2.18. The number of rotatable bonds is 3. The third-order valence-corrected chi connectivity index (χ3v) is 3.20. The van der Waals surface area contributed by atoms with Gasteiger partial charge in [0.25, 0.3) is 0 Å². The molecule has 2 nitrogen and oxygen atoms in total. The van der Waals surface area contributed by atoms with Crippen molar-refractivity contribution in [2.45, 2.75) is 38.4 Å². The summed E-state index contributed by atoms with van der Waals surface area (Å²) in [6.45, 7) is 7.12. The maximum absolute atomic E-state index is 11.7. The molecule has 0 saturated heterocycles. The van der Waals surface area contributed by atoms with Crippen molar-refractivity contribution in [2.75, 3.05) is 12.4 Å². The summed E-state index contributed by atoms with van der Waals surface area (Å²) in [6, 6.07) is 0. The Kier molecular flexibility index (Phi) is 4.05. The van der Waals surface area contributed by atoms with E-state index in [1.807, 2.05) is 0 Å². The van der Waals surface area contributed by atoms with Crippen LogP contribution in [0.5, 0.6) is 0 Å². The molecular formula is C11H18O2S. The van der Waals surface area contributed by atoms with Crippen LogP contribution in [0.2, 0.25) is 0 Å². The SMILES string of the molecule is CC(C)(C)SCC(=O)C1=COCCC1. The van der Waals surface area contributed by atoms with Gasteiger partial charge in [0, 0.05) is 10.3 Å². The van der Waals surface area contributed by atoms with Crippen molar-refractivity contribution in [1.29, 1.82) is 0 Å². The van der Waals surface area contributed by atoms with Crippen LogP contribution in [0.1, 0.15) is 33.6 Å². The number of hydrogen-bond acceptors (Lipinski definition) is 3. The Balaban J connectivity index is 2.38. The first-order valence-electron chi connectivity index (χ1n) is 4.97. The van der Waals surface area contributed by atoms with Gasteiger partial charge in [-0.2, -0.15) is 0 Å². The molecule has 0 aromatic carbocycles. The van der Waals surface area contributed by atoms with Crippen LogP contribution in [0.3, 0.4) is 0 Å². The van der Waals surface area contributed by atoms with E-state index in [0.29, 0.717) is 5.75 Å². The van der Waals surface area contributed by atoms with Crippen molar-refractivity contribution in [3.63, 3.8) is 0 Å². The largest absolute Gasteiger partial charge is 0.501 e. The molecule has 0 atom stereocenters. The highest BCUT2D eigenvalue weighted by molar-refractivity contribution is 8.01. The van der Waals surface area contributed by atoms with Gasteiger partial charge in [-0.1, -0.05) is 20.8 Å². The number of allylic oxidation sites excluding steroid dienone is 1. The van der Waals surface area contributed by atoms with Gasteiger partial charge in [0.2, 0.25) is 0 Å². The molecule has 0 aromatic rings. The molecule has 1 heterocycles. The van der Waals surface area contributed by atoms with E-state index in [1.165, 1.54) is 0 Å². The first-order valence-corrected chi connectivity index (χ1v) is 5.95. The van der Waals surface area contributed by atoms with Gasteiger partial charge in [-0.15, -0.1) is 11.8 Å². The summed E-state index contributed by atoms with van der Waals surface area (Å²) in [5.41, 5.74) is 0.855. The van der Waals surface area contributed by atoms with Crippen molar-refractivity contribution < 1.29 is 9.53 Å². The van der Waals surface area contributed by atoms with Crippen molar-refractivity contribution in [2.24, 2.45) is 0 Å². The van der Waals surface area contributed by atoms with Gasteiger partial charge in [-0.05, 0) is 12.8 Å². The molecule has 0 bridgehead atoms. The van der Waals surface area contributed by atoms with Crippen LogP contribution >= 0.6 is 11.8 Å². The van der Waals surface area contributed by atoms with Crippen LogP contribution in [0.25, 0.3) is 0 Å². The first-order chi connectivity index (χ1) is 6.49. The summed E-state index contributed by atoms with van der Waals surface area (Å²) >= 11 is 1.69. The topological polar surface area (TPSA) is 26.3 Å². The maximum Gasteiger partial charge on any atom is 0.171 e. The van der Waals surface area contributed by atoms with Gasteiger partial charge < -0.3 is 4.74 Å². The minimum Gasteiger partial charge on any atom is -0.501 e. The van der Waals surface area contributed by atoms with Gasteiger partial charge >= 0.3 is 0 Å². The zero-order valence-corrected chi connectivity index (χ0v) is 9.95. The minimum atomic E-state index is 0.158. The predicted molar refractivity (Wildman–Crippen MR) is 60.5 cm³/mol. The summed E-state index contributed by atoms with van der Waals surface area (Å²) in [7, 11) is 0. The zero-order valence-electron chi connectivity index (χ0n) is 9.13. The molecule has 80 valence electrons. The van der Waals surface area contributed by atoms with E-state index in [1.54, 1.807) is 18.0 Å². The fraction of sp³-hybridized carbons (Fsp3) is 0.727. The van der Waals surface area contributed by atoms with Crippen LogP contribution in [-0.4, -0.2) is 22.9 Å². The van der Waals surface area contributed by atoms with Crippen molar-refractivity contribution in [3.05, 3.63) is 11.8 Å². The van der Waals surface area contributed by atoms with Gasteiger partial charge in [0.1, 0.15) is 0 Å². The normalized spacial score (nSPS) is 17.2. The summed E-state index contributed by atoms with van der Waals surface area (Å²) in [4.78, 5) is 11.7. The number of carbonyl (C=O) groups excluding carboxylic acids is 1. The van der Waals surface area contributed by atoms with Gasteiger partial charge in [0.05, 0.1) is 18.6 Å². The Bertz CT molecular complexity index is 238. The molecule has 14 heavy (non-hydrogen) atoms. The van der Waals surface area contributed by atoms with E-state index in [-0.39, 0.29) is 10.5 Å². The standard InChI is InChI=1S/C11H18O2S/c1-11(2,3)14-8-10(12)9-5-4-6-13-7-9/h7H,4-6,8H2,1-3H3. The van der Waals surface area contributed by atoms with E-state index in [9.17, 15) is 4.79 Å². The van der Waals surface area contributed by atoms with Crippen molar-refractivity contribution in [3.8, 4) is 0 Å². The van der Waals surface area contributed by atoms with Crippen LogP contribution in [0.15, 0.2) is 11.8 Å². The van der Waals surface area contributed by atoms with Crippen LogP contribution in [0.4, 0.5) is 0 Å². The molecule has 0 unspecified atom stereocenters. The molecule has 0 saturated carbocycles. The molecule has 0 fully saturated rings. The van der Waals surface area contributed by atoms with Crippen molar-refractivity contribution >= 4 is 17.5 Å². The Hall–Kier alpha value is -0.440. The lowest BCUT2D eigenvalue weighted by Crippen LogP contribution is -2.16. The number of hydrogen-bond donors (Lipinski definition) is 0. The number of ketones is 1. The Morgan fingerprint density at radius 1 is 1.57 bits per heavy atom. The fourth-order valence-corrected chi connectivity index (χ4v) is 1.89. The molecule has 0 aromatic heterocycles. The van der Waals surface area contributed by atoms with E-state index in [0.717, 1.165) is 25.0 Å². The molecule has 3 heteroatoms. The number of ether oxygens (including phenoxy) is 1. The quantitative estimate of drug-likeness (QED) is 0.722. The third kappa shape index (κ3) is 4.18. The molecule has 0 aliphatic carbocycles. The molecule has 1 aliphatic rings. The van der Waals surface area contributed by atoms with Gasteiger partial charge in [-0.3, -0.25) is 4.79 Å². The van der Waals surface area contributed by atoms with Gasteiger partial charge in [0.15, 0.2) is 5.78 Å². The van der Waals surface area contributed by atoms with E-state index in [4.69, 9.17) is 4.74 Å². The van der Waals surface area contributed by atoms with Gasteiger partial charge in [-0.25, -0.2) is 0 Å². The number of Topliss-reactive ketones (excluding diaryl/α,β-unsaturated/α-hetero) is 1. The van der Waals surface area contributed by atoms with Crippen LogP contribution < -0.4 is 0 Å². The average molecular weight is 214 g/mol. The smallest absolute Gasteiger partial charge is 0.171 e. The summed E-state index contributed by atoms with van der Waals surface area (Å²) < 4.78 is 5.30. The highest BCUT2D eigenvalue weighted by Gasteiger charge is 2.17.